The van der Waals surface area contributed by atoms with Crippen LogP contribution in [0.2, 0.25) is 5.02 Å². The average Bonchev–Trinajstić information content (AvgIpc) is 2.72. The Morgan fingerprint density at radius 2 is 1.73 bits per heavy atom. The van der Waals surface area contributed by atoms with Gasteiger partial charge in [0, 0.05) is 18.2 Å². The Morgan fingerprint density at radius 1 is 1.03 bits per heavy atom. The molecule has 1 amide bonds. The van der Waals surface area contributed by atoms with E-state index in [1.54, 1.807) is 7.11 Å². The molecule has 2 aromatic carbocycles. The molecular weight excluding hydrogens is 402 g/mol. The van der Waals surface area contributed by atoms with Crippen LogP contribution >= 0.6 is 11.6 Å². The number of aryl methyl sites for hydroxylation is 1. The number of hydrogen-bond donors (Lipinski definition) is 1. The second-order valence-electron chi connectivity index (χ2n) is 7.30. The Bertz CT molecular complexity index is 792. The highest BCUT2D eigenvalue weighted by Crippen LogP contribution is 2.29. The zero-order valence-electron chi connectivity index (χ0n) is 18.2. The highest BCUT2D eigenvalue weighted by molar-refractivity contribution is 6.30. The molecule has 0 saturated heterocycles. The fourth-order valence-corrected chi connectivity index (χ4v) is 3.23. The SMILES string of the molecule is CCOC(CCc1ccc(Cl)cc1)C(=O)NCCc1ccc(OC(C)C)c(OC)c1. The van der Waals surface area contributed by atoms with Gasteiger partial charge in [-0.15, -0.1) is 0 Å². The van der Waals surface area contributed by atoms with Gasteiger partial charge in [0.25, 0.3) is 0 Å². The summed E-state index contributed by atoms with van der Waals surface area (Å²) < 4.78 is 16.8. The van der Waals surface area contributed by atoms with Gasteiger partial charge in [0.2, 0.25) is 5.91 Å². The van der Waals surface area contributed by atoms with E-state index in [-0.39, 0.29) is 12.0 Å². The van der Waals surface area contributed by atoms with E-state index in [9.17, 15) is 4.79 Å². The number of ether oxygens (including phenoxy) is 3. The van der Waals surface area contributed by atoms with Crippen molar-refractivity contribution in [3.8, 4) is 11.5 Å². The lowest BCUT2D eigenvalue weighted by atomic mass is 10.1. The molecule has 2 aromatic rings. The van der Waals surface area contributed by atoms with Crippen molar-refractivity contribution in [3.05, 3.63) is 58.6 Å². The number of carbonyl (C=O) groups excluding carboxylic acids is 1. The summed E-state index contributed by atoms with van der Waals surface area (Å²) in [6.07, 6.45) is 1.68. The summed E-state index contributed by atoms with van der Waals surface area (Å²) in [5, 5.41) is 3.70. The first-order valence-electron chi connectivity index (χ1n) is 10.4. The van der Waals surface area contributed by atoms with Gasteiger partial charge in [-0.2, -0.15) is 0 Å². The second-order valence-corrected chi connectivity index (χ2v) is 7.74. The van der Waals surface area contributed by atoms with Gasteiger partial charge in [0.1, 0.15) is 6.10 Å². The Balaban J connectivity index is 1.86. The molecular formula is C24H32ClNO4. The first-order chi connectivity index (χ1) is 14.4. The van der Waals surface area contributed by atoms with Crippen molar-refractivity contribution >= 4 is 17.5 Å². The second kappa shape index (κ2) is 12.5. The number of nitrogens with one attached hydrogen (secondary N) is 1. The van der Waals surface area contributed by atoms with E-state index >= 15 is 0 Å². The van der Waals surface area contributed by atoms with E-state index in [4.69, 9.17) is 25.8 Å². The molecule has 0 aromatic heterocycles. The van der Waals surface area contributed by atoms with Gasteiger partial charge in [-0.3, -0.25) is 4.79 Å². The van der Waals surface area contributed by atoms with Crippen LogP contribution in [-0.2, 0) is 22.4 Å². The van der Waals surface area contributed by atoms with Crippen LogP contribution < -0.4 is 14.8 Å². The van der Waals surface area contributed by atoms with E-state index in [0.717, 1.165) is 23.3 Å². The number of carbonyl (C=O) groups is 1. The van der Waals surface area contributed by atoms with E-state index in [1.165, 1.54) is 0 Å². The van der Waals surface area contributed by atoms with Gasteiger partial charge < -0.3 is 19.5 Å². The molecule has 0 bridgehead atoms. The maximum absolute atomic E-state index is 12.6. The minimum Gasteiger partial charge on any atom is -0.493 e. The first kappa shape index (κ1) is 24.0. The molecule has 164 valence electrons. The van der Waals surface area contributed by atoms with Crippen molar-refractivity contribution < 1.29 is 19.0 Å². The third-order valence-electron chi connectivity index (χ3n) is 4.57. The van der Waals surface area contributed by atoms with Gasteiger partial charge in [0.15, 0.2) is 11.5 Å². The molecule has 1 unspecified atom stereocenters. The smallest absolute Gasteiger partial charge is 0.249 e. The molecule has 6 heteroatoms. The van der Waals surface area contributed by atoms with Crippen LogP contribution in [0.15, 0.2) is 42.5 Å². The molecule has 30 heavy (non-hydrogen) atoms. The van der Waals surface area contributed by atoms with Crippen molar-refractivity contribution in [1.82, 2.24) is 5.32 Å². The molecule has 1 atom stereocenters. The van der Waals surface area contributed by atoms with E-state index in [2.05, 4.69) is 5.32 Å². The number of hydrogen-bond acceptors (Lipinski definition) is 4. The molecule has 0 aliphatic heterocycles. The van der Waals surface area contributed by atoms with E-state index < -0.39 is 6.10 Å². The molecule has 0 radical (unpaired) electrons. The average molecular weight is 434 g/mol. The number of methoxy groups -OCH3 is 1. The number of benzene rings is 2. The lowest BCUT2D eigenvalue weighted by Crippen LogP contribution is -2.37. The number of amides is 1. The van der Waals surface area contributed by atoms with Gasteiger partial charge in [0.05, 0.1) is 13.2 Å². The van der Waals surface area contributed by atoms with Gasteiger partial charge in [-0.25, -0.2) is 0 Å². The highest BCUT2D eigenvalue weighted by Gasteiger charge is 2.18. The molecule has 0 aliphatic carbocycles. The Morgan fingerprint density at radius 3 is 2.37 bits per heavy atom. The predicted molar refractivity (Wildman–Crippen MR) is 121 cm³/mol. The molecule has 0 aliphatic rings. The van der Waals surface area contributed by atoms with Gasteiger partial charge >= 0.3 is 0 Å². The molecule has 0 spiro atoms. The quantitative estimate of drug-likeness (QED) is 0.520. The number of halogens is 1. The van der Waals surface area contributed by atoms with Crippen LogP contribution in [0.3, 0.4) is 0 Å². The Kier molecular flexibility index (Phi) is 9.98. The minimum absolute atomic E-state index is 0.0763. The van der Waals surface area contributed by atoms with Crippen molar-refractivity contribution in [2.24, 2.45) is 0 Å². The zero-order chi connectivity index (χ0) is 21.9. The molecule has 0 heterocycles. The van der Waals surface area contributed by atoms with Gasteiger partial charge in [-0.1, -0.05) is 29.8 Å². The van der Waals surface area contributed by atoms with Crippen molar-refractivity contribution in [2.45, 2.75) is 52.2 Å². The van der Waals surface area contributed by atoms with Crippen LogP contribution in [0.5, 0.6) is 11.5 Å². The number of rotatable bonds is 12. The van der Waals surface area contributed by atoms with Gasteiger partial charge in [-0.05, 0) is 75.4 Å². The zero-order valence-corrected chi connectivity index (χ0v) is 19.0. The van der Waals surface area contributed by atoms with Crippen LogP contribution in [0.25, 0.3) is 0 Å². The summed E-state index contributed by atoms with van der Waals surface area (Å²) in [6.45, 7) is 6.87. The Labute approximate surface area is 184 Å². The normalized spacial score (nSPS) is 11.9. The van der Waals surface area contributed by atoms with Crippen LogP contribution in [-0.4, -0.2) is 38.4 Å². The fraction of sp³-hybridized carbons (Fsp3) is 0.458. The lowest BCUT2D eigenvalue weighted by Gasteiger charge is -2.17. The summed E-state index contributed by atoms with van der Waals surface area (Å²) in [6, 6.07) is 13.5. The maximum Gasteiger partial charge on any atom is 0.249 e. The predicted octanol–water partition coefficient (Wildman–Crippen LogP) is 4.83. The summed E-state index contributed by atoms with van der Waals surface area (Å²) in [5.41, 5.74) is 2.20. The van der Waals surface area contributed by atoms with E-state index in [1.807, 2.05) is 63.2 Å². The topological polar surface area (TPSA) is 56.8 Å². The molecule has 0 fully saturated rings. The Hall–Kier alpha value is -2.24. The fourth-order valence-electron chi connectivity index (χ4n) is 3.10. The third-order valence-corrected chi connectivity index (χ3v) is 4.82. The lowest BCUT2D eigenvalue weighted by molar-refractivity contribution is -0.132. The largest absolute Gasteiger partial charge is 0.493 e. The van der Waals surface area contributed by atoms with Crippen molar-refractivity contribution in [3.63, 3.8) is 0 Å². The minimum atomic E-state index is -0.470. The first-order valence-corrected chi connectivity index (χ1v) is 10.8. The maximum atomic E-state index is 12.6. The third kappa shape index (κ3) is 7.88. The van der Waals surface area contributed by atoms with Crippen LogP contribution in [0.1, 0.15) is 38.3 Å². The summed E-state index contributed by atoms with van der Waals surface area (Å²) in [4.78, 5) is 12.6. The van der Waals surface area contributed by atoms with Crippen LogP contribution in [0.4, 0.5) is 0 Å². The molecule has 2 rings (SSSR count). The standard InChI is InChI=1S/C24H32ClNO4/c1-5-29-22(13-8-18-6-10-20(25)11-7-18)24(27)26-15-14-19-9-12-21(30-17(2)3)23(16-19)28-4/h6-7,9-12,16-17,22H,5,8,13-15H2,1-4H3,(H,26,27). The summed E-state index contributed by atoms with van der Waals surface area (Å²) >= 11 is 5.93. The van der Waals surface area contributed by atoms with Crippen LogP contribution in [0, 0.1) is 0 Å². The van der Waals surface area contributed by atoms with Crippen molar-refractivity contribution in [2.75, 3.05) is 20.3 Å². The molecule has 1 N–H and O–H groups in total. The molecule has 0 saturated carbocycles. The van der Waals surface area contributed by atoms with Crippen molar-refractivity contribution in [1.29, 1.82) is 0 Å². The molecule has 5 nitrogen and oxygen atoms in total. The summed E-state index contributed by atoms with van der Waals surface area (Å²) in [5.74, 6) is 1.33. The highest BCUT2D eigenvalue weighted by atomic mass is 35.5. The van der Waals surface area contributed by atoms with E-state index in [0.29, 0.717) is 36.8 Å². The monoisotopic (exact) mass is 433 g/mol. The summed E-state index contributed by atoms with van der Waals surface area (Å²) in [7, 11) is 1.63.